The van der Waals surface area contributed by atoms with E-state index in [0.717, 1.165) is 12.8 Å². The summed E-state index contributed by atoms with van der Waals surface area (Å²) in [6.45, 7) is 5.07. The molecule has 0 amide bonds. The molecule has 0 aliphatic rings. The second kappa shape index (κ2) is 6.66. The van der Waals surface area contributed by atoms with Gasteiger partial charge in [0.25, 0.3) is 0 Å². The van der Waals surface area contributed by atoms with E-state index in [1.54, 1.807) is 0 Å². The van der Waals surface area contributed by atoms with Gasteiger partial charge in [-0.1, -0.05) is 44.5 Å². The maximum absolute atomic E-state index is 6.19. The van der Waals surface area contributed by atoms with E-state index >= 15 is 0 Å². The molecule has 0 saturated heterocycles. The monoisotopic (exact) mass is 220 g/mol. The number of aryl methyl sites for hydroxylation is 1. The van der Waals surface area contributed by atoms with Crippen LogP contribution in [0.15, 0.2) is 24.3 Å². The van der Waals surface area contributed by atoms with Gasteiger partial charge in [-0.2, -0.15) is 0 Å². The van der Waals surface area contributed by atoms with Gasteiger partial charge in [-0.15, -0.1) is 0 Å². The Hall–Kier alpha value is -0.860. The largest absolute Gasteiger partial charge is 0.330 e. The third-order valence-corrected chi connectivity index (χ3v) is 3.14. The zero-order valence-electron chi connectivity index (χ0n) is 10.4. The van der Waals surface area contributed by atoms with Crippen molar-refractivity contribution in [3.63, 3.8) is 0 Å². The van der Waals surface area contributed by atoms with Crippen molar-refractivity contribution in [2.75, 3.05) is 6.54 Å². The first-order valence-electron chi connectivity index (χ1n) is 6.23. The van der Waals surface area contributed by atoms with Crippen LogP contribution in [0.2, 0.25) is 0 Å². The summed E-state index contributed by atoms with van der Waals surface area (Å²) >= 11 is 0. The first-order valence-corrected chi connectivity index (χ1v) is 6.23. The maximum atomic E-state index is 6.19. The van der Waals surface area contributed by atoms with E-state index in [2.05, 4.69) is 38.1 Å². The van der Waals surface area contributed by atoms with Crippen LogP contribution in [0.1, 0.15) is 43.9 Å². The van der Waals surface area contributed by atoms with Gasteiger partial charge in [0.2, 0.25) is 0 Å². The molecule has 4 N–H and O–H groups in total. The number of hydrogen-bond donors (Lipinski definition) is 2. The molecule has 0 aliphatic carbocycles. The van der Waals surface area contributed by atoms with Crippen LogP contribution in [0.5, 0.6) is 0 Å². The van der Waals surface area contributed by atoms with Gasteiger partial charge >= 0.3 is 0 Å². The van der Waals surface area contributed by atoms with Crippen molar-refractivity contribution >= 4 is 0 Å². The Kier molecular flexibility index (Phi) is 5.50. The minimum Gasteiger partial charge on any atom is -0.330 e. The van der Waals surface area contributed by atoms with Crippen LogP contribution in [-0.4, -0.2) is 6.54 Å². The first-order chi connectivity index (χ1) is 7.69. The number of rotatable bonds is 6. The molecule has 0 bridgehead atoms. The van der Waals surface area contributed by atoms with E-state index in [9.17, 15) is 0 Å². The summed E-state index contributed by atoms with van der Waals surface area (Å²) in [5, 5.41) is 0. The van der Waals surface area contributed by atoms with Crippen LogP contribution in [0.25, 0.3) is 0 Å². The molecule has 0 radical (unpaired) electrons. The Balaban J connectivity index is 2.65. The summed E-state index contributed by atoms with van der Waals surface area (Å²) in [4.78, 5) is 0. The van der Waals surface area contributed by atoms with Gasteiger partial charge in [-0.25, -0.2) is 0 Å². The topological polar surface area (TPSA) is 52.0 Å². The highest BCUT2D eigenvalue weighted by Crippen LogP contribution is 2.22. The summed E-state index contributed by atoms with van der Waals surface area (Å²) in [6, 6.07) is 8.80. The van der Waals surface area contributed by atoms with Crippen molar-refractivity contribution in [1.29, 1.82) is 0 Å². The van der Waals surface area contributed by atoms with E-state index in [1.807, 2.05) is 0 Å². The SMILES string of the molecule is CCCc1ccc(C(N)C(C)CCN)cc1. The second-order valence-corrected chi connectivity index (χ2v) is 4.57. The van der Waals surface area contributed by atoms with Gasteiger partial charge in [0.1, 0.15) is 0 Å². The van der Waals surface area contributed by atoms with Crippen LogP contribution in [0, 0.1) is 5.92 Å². The Morgan fingerprint density at radius 2 is 1.81 bits per heavy atom. The third-order valence-electron chi connectivity index (χ3n) is 3.14. The highest BCUT2D eigenvalue weighted by molar-refractivity contribution is 5.25. The molecule has 0 saturated carbocycles. The highest BCUT2D eigenvalue weighted by atomic mass is 14.7. The molecule has 2 unspecified atom stereocenters. The average Bonchev–Trinajstić information content (AvgIpc) is 2.30. The van der Waals surface area contributed by atoms with Gasteiger partial charge in [-0.05, 0) is 36.4 Å². The third kappa shape index (κ3) is 3.62. The Morgan fingerprint density at radius 1 is 1.19 bits per heavy atom. The predicted molar refractivity (Wildman–Crippen MR) is 70.2 cm³/mol. The van der Waals surface area contributed by atoms with E-state index in [0.29, 0.717) is 12.5 Å². The number of benzene rings is 1. The van der Waals surface area contributed by atoms with Crippen LogP contribution < -0.4 is 11.5 Å². The quantitative estimate of drug-likeness (QED) is 0.774. The number of hydrogen-bond acceptors (Lipinski definition) is 2. The number of nitrogens with two attached hydrogens (primary N) is 2. The Morgan fingerprint density at radius 3 is 2.31 bits per heavy atom. The fourth-order valence-electron chi connectivity index (χ4n) is 1.97. The van der Waals surface area contributed by atoms with Crippen molar-refractivity contribution in [1.82, 2.24) is 0 Å². The lowest BCUT2D eigenvalue weighted by Gasteiger charge is -2.19. The molecule has 16 heavy (non-hydrogen) atoms. The summed E-state index contributed by atoms with van der Waals surface area (Å²) in [7, 11) is 0. The van der Waals surface area contributed by atoms with Crippen LogP contribution in [0.3, 0.4) is 0 Å². The molecule has 0 fully saturated rings. The van der Waals surface area contributed by atoms with Gasteiger partial charge in [0.05, 0.1) is 0 Å². The zero-order chi connectivity index (χ0) is 12.0. The van der Waals surface area contributed by atoms with Gasteiger partial charge in [0.15, 0.2) is 0 Å². The summed E-state index contributed by atoms with van der Waals surface area (Å²) in [5.41, 5.74) is 14.4. The molecule has 2 atom stereocenters. The molecular weight excluding hydrogens is 196 g/mol. The van der Waals surface area contributed by atoms with Crippen LogP contribution in [0.4, 0.5) is 0 Å². The molecule has 90 valence electrons. The van der Waals surface area contributed by atoms with Crippen molar-refractivity contribution in [3.8, 4) is 0 Å². The lowest BCUT2D eigenvalue weighted by Crippen LogP contribution is -2.21. The van der Waals surface area contributed by atoms with Crippen molar-refractivity contribution < 1.29 is 0 Å². The molecule has 0 heterocycles. The van der Waals surface area contributed by atoms with Crippen molar-refractivity contribution in [2.45, 2.75) is 39.2 Å². The molecule has 2 nitrogen and oxygen atoms in total. The minimum absolute atomic E-state index is 0.110. The molecule has 0 aliphatic heterocycles. The van der Waals surface area contributed by atoms with Crippen LogP contribution >= 0.6 is 0 Å². The molecule has 1 rings (SSSR count). The molecule has 0 aromatic heterocycles. The van der Waals surface area contributed by atoms with Gasteiger partial charge in [0, 0.05) is 6.04 Å². The maximum Gasteiger partial charge on any atom is 0.0321 e. The molecule has 2 heteroatoms. The first kappa shape index (κ1) is 13.2. The van der Waals surface area contributed by atoms with Crippen molar-refractivity contribution in [2.24, 2.45) is 17.4 Å². The lowest BCUT2D eigenvalue weighted by atomic mass is 9.92. The fraction of sp³-hybridized carbons (Fsp3) is 0.571. The molecule has 1 aromatic rings. The zero-order valence-corrected chi connectivity index (χ0v) is 10.4. The van der Waals surface area contributed by atoms with Gasteiger partial charge < -0.3 is 11.5 Å². The molecular formula is C14H24N2. The Labute approximate surface area is 99.0 Å². The van der Waals surface area contributed by atoms with Crippen LogP contribution in [-0.2, 0) is 6.42 Å². The predicted octanol–water partition coefficient (Wildman–Crippen LogP) is 2.62. The Bertz CT molecular complexity index is 292. The highest BCUT2D eigenvalue weighted by Gasteiger charge is 2.13. The summed E-state index contributed by atoms with van der Waals surface area (Å²) in [5.74, 6) is 0.446. The molecule has 0 spiro atoms. The van der Waals surface area contributed by atoms with E-state index < -0.39 is 0 Å². The lowest BCUT2D eigenvalue weighted by molar-refractivity contribution is 0.444. The van der Waals surface area contributed by atoms with Crippen molar-refractivity contribution in [3.05, 3.63) is 35.4 Å². The summed E-state index contributed by atoms with van der Waals surface area (Å²) in [6.07, 6.45) is 3.32. The van der Waals surface area contributed by atoms with E-state index in [1.165, 1.54) is 17.5 Å². The van der Waals surface area contributed by atoms with Gasteiger partial charge in [-0.3, -0.25) is 0 Å². The normalized spacial score (nSPS) is 14.8. The summed E-state index contributed by atoms with van der Waals surface area (Å²) < 4.78 is 0. The fourth-order valence-corrected chi connectivity index (χ4v) is 1.97. The minimum atomic E-state index is 0.110. The second-order valence-electron chi connectivity index (χ2n) is 4.57. The standard InChI is InChI=1S/C14H24N2/c1-3-4-12-5-7-13(8-6-12)14(16)11(2)9-10-15/h5-8,11,14H,3-4,9-10,15-16H2,1-2H3. The average molecular weight is 220 g/mol. The van der Waals surface area contributed by atoms with E-state index in [4.69, 9.17) is 11.5 Å². The van der Waals surface area contributed by atoms with E-state index in [-0.39, 0.29) is 6.04 Å². The molecule has 1 aromatic carbocycles. The smallest absolute Gasteiger partial charge is 0.0321 e.